The van der Waals surface area contributed by atoms with Crippen LogP contribution in [0, 0.1) is 0 Å². The lowest BCUT2D eigenvalue weighted by atomic mass is 9.96. The number of nitrogens with zero attached hydrogens (tertiary/aromatic N) is 2. The summed E-state index contributed by atoms with van der Waals surface area (Å²) < 4.78 is 10.1. The van der Waals surface area contributed by atoms with Crippen LogP contribution < -0.4 is 10.5 Å². The second kappa shape index (κ2) is 7.74. The van der Waals surface area contributed by atoms with Gasteiger partial charge in [0, 0.05) is 25.4 Å². The summed E-state index contributed by atoms with van der Waals surface area (Å²) in [5.74, 6) is 0.734. The van der Waals surface area contributed by atoms with Gasteiger partial charge in [0.1, 0.15) is 5.75 Å². The molecule has 2 heterocycles. The zero-order valence-electron chi connectivity index (χ0n) is 14.0. The Balaban J connectivity index is 1.49. The predicted octanol–water partition coefficient (Wildman–Crippen LogP) is 2.36. The summed E-state index contributed by atoms with van der Waals surface area (Å²) in [6, 6.07) is 5.56. The largest absolute Gasteiger partial charge is 0.495 e. The maximum absolute atomic E-state index is 12.4. The molecule has 8 heteroatoms. The lowest BCUT2D eigenvalue weighted by Crippen LogP contribution is -2.38. The fourth-order valence-electron chi connectivity index (χ4n) is 3.07. The molecule has 1 aliphatic heterocycles. The number of likely N-dealkylation sites (tertiary alicyclic amines) is 1. The van der Waals surface area contributed by atoms with Crippen molar-refractivity contribution < 1.29 is 13.9 Å². The quantitative estimate of drug-likeness (QED) is 0.878. The SMILES string of the molecule is COc1ccc(CCC(=O)N2CCC(c3n[nH]c(=O)o3)CC2)cc1Cl. The number of methoxy groups -OCH3 is 1. The lowest BCUT2D eigenvalue weighted by Gasteiger charge is -2.30. The first-order valence-electron chi connectivity index (χ1n) is 8.22. The summed E-state index contributed by atoms with van der Waals surface area (Å²) in [6.07, 6.45) is 2.56. The fraction of sp³-hybridized carbons (Fsp3) is 0.471. The van der Waals surface area contributed by atoms with E-state index in [1.807, 2.05) is 23.1 Å². The van der Waals surface area contributed by atoms with Crippen LogP contribution >= 0.6 is 11.6 Å². The van der Waals surface area contributed by atoms with E-state index in [9.17, 15) is 9.59 Å². The molecule has 0 unspecified atom stereocenters. The minimum atomic E-state index is -0.536. The zero-order valence-corrected chi connectivity index (χ0v) is 14.7. The zero-order chi connectivity index (χ0) is 17.8. The summed E-state index contributed by atoms with van der Waals surface area (Å²) in [5, 5.41) is 6.71. The van der Waals surface area contributed by atoms with Crippen LogP contribution in [0.3, 0.4) is 0 Å². The third-order valence-electron chi connectivity index (χ3n) is 4.50. The van der Waals surface area contributed by atoms with Crippen molar-refractivity contribution >= 4 is 17.5 Å². The second-order valence-corrected chi connectivity index (χ2v) is 6.48. The van der Waals surface area contributed by atoms with E-state index >= 15 is 0 Å². The Bertz CT molecular complexity index is 793. The molecule has 1 aromatic heterocycles. The number of aromatic amines is 1. The van der Waals surface area contributed by atoms with E-state index in [0.29, 0.717) is 42.6 Å². The molecule has 0 aliphatic carbocycles. The van der Waals surface area contributed by atoms with Crippen LogP contribution in [0.15, 0.2) is 27.4 Å². The van der Waals surface area contributed by atoms with Crippen LogP contribution in [0.25, 0.3) is 0 Å². The third kappa shape index (κ3) is 4.22. The van der Waals surface area contributed by atoms with Gasteiger partial charge in [-0.15, -0.1) is 5.10 Å². The van der Waals surface area contributed by atoms with E-state index in [-0.39, 0.29) is 11.8 Å². The Morgan fingerprint density at radius 3 is 2.80 bits per heavy atom. The van der Waals surface area contributed by atoms with Crippen LogP contribution in [0.5, 0.6) is 5.75 Å². The number of benzene rings is 1. The van der Waals surface area contributed by atoms with Crippen LogP contribution in [-0.2, 0) is 11.2 Å². The molecule has 134 valence electrons. The lowest BCUT2D eigenvalue weighted by molar-refractivity contribution is -0.132. The van der Waals surface area contributed by atoms with Crippen molar-refractivity contribution in [2.45, 2.75) is 31.6 Å². The number of rotatable bonds is 5. The summed E-state index contributed by atoms with van der Waals surface area (Å²) in [4.78, 5) is 25.3. The maximum atomic E-state index is 12.4. The Morgan fingerprint density at radius 2 is 2.20 bits per heavy atom. The number of carbonyl (C=O) groups excluding carboxylic acids is 1. The van der Waals surface area contributed by atoms with E-state index in [2.05, 4.69) is 10.2 Å². The Kier molecular flexibility index (Phi) is 5.43. The van der Waals surface area contributed by atoms with Gasteiger partial charge in [-0.25, -0.2) is 9.89 Å². The van der Waals surface area contributed by atoms with Crippen LogP contribution in [0.2, 0.25) is 5.02 Å². The topological polar surface area (TPSA) is 88.4 Å². The van der Waals surface area contributed by atoms with E-state index in [4.69, 9.17) is 20.8 Å². The molecule has 1 aromatic carbocycles. The Morgan fingerprint density at radius 1 is 1.44 bits per heavy atom. The fourth-order valence-corrected chi connectivity index (χ4v) is 3.35. The number of aromatic nitrogens is 2. The van der Waals surface area contributed by atoms with Crippen LogP contribution in [0.1, 0.15) is 36.6 Å². The van der Waals surface area contributed by atoms with Gasteiger partial charge >= 0.3 is 5.76 Å². The smallest absolute Gasteiger partial charge is 0.434 e. The van der Waals surface area contributed by atoms with Gasteiger partial charge in [0.25, 0.3) is 0 Å². The first kappa shape index (κ1) is 17.5. The number of aryl methyl sites for hydroxylation is 1. The molecule has 1 aliphatic rings. The highest BCUT2D eigenvalue weighted by Gasteiger charge is 2.26. The number of ether oxygens (including phenoxy) is 1. The van der Waals surface area contributed by atoms with Gasteiger partial charge in [0.05, 0.1) is 12.1 Å². The predicted molar refractivity (Wildman–Crippen MR) is 92.0 cm³/mol. The molecule has 7 nitrogen and oxygen atoms in total. The number of carbonyl (C=O) groups is 1. The molecule has 0 atom stereocenters. The van der Waals surface area contributed by atoms with Crippen LogP contribution in [0.4, 0.5) is 0 Å². The molecule has 1 amide bonds. The van der Waals surface area contributed by atoms with Gasteiger partial charge in [0.15, 0.2) is 0 Å². The molecule has 3 rings (SSSR count). The normalized spacial score (nSPS) is 15.4. The summed E-state index contributed by atoms with van der Waals surface area (Å²) in [6.45, 7) is 1.28. The van der Waals surface area contributed by atoms with Crippen molar-refractivity contribution in [3.8, 4) is 5.75 Å². The first-order valence-corrected chi connectivity index (χ1v) is 8.60. The minimum Gasteiger partial charge on any atom is -0.495 e. The molecule has 1 N–H and O–H groups in total. The molecule has 1 fully saturated rings. The van der Waals surface area contributed by atoms with E-state index in [0.717, 1.165) is 18.4 Å². The standard InChI is InChI=1S/C17H20ClN3O4/c1-24-14-4-2-11(10-13(14)18)3-5-15(22)21-8-6-12(7-9-21)16-19-20-17(23)25-16/h2,4,10,12H,3,5-9H2,1H3,(H,20,23). The van der Waals surface area contributed by atoms with Gasteiger partial charge < -0.3 is 14.1 Å². The van der Waals surface area contributed by atoms with Crippen molar-refractivity contribution in [1.82, 2.24) is 15.1 Å². The van der Waals surface area contributed by atoms with Crippen molar-refractivity contribution in [2.24, 2.45) is 0 Å². The Hall–Kier alpha value is -2.28. The number of piperidine rings is 1. The van der Waals surface area contributed by atoms with Gasteiger partial charge in [-0.1, -0.05) is 17.7 Å². The minimum absolute atomic E-state index is 0.0865. The number of hydrogen-bond acceptors (Lipinski definition) is 5. The molecule has 0 radical (unpaired) electrons. The average molecular weight is 366 g/mol. The molecule has 0 spiro atoms. The highest BCUT2D eigenvalue weighted by atomic mass is 35.5. The van der Waals surface area contributed by atoms with Crippen LogP contribution in [-0.4, -0.2) is 41.2 Å². The van der Waals surface area contributed by atoms with Gasteiger partial charge in [-0.05, 0) is 37.0 Å². The summed E-state index contributed by atoms with van der Waals surface area (Å²) >= 11 is 6.11. The van der Waals surface area contributed by atoms with E-state index in [1.165, 1.54) is 0 Å². The van der Waals surface area contributed by atoms with Gasteiger partial charge in [-0.2, -0.15) is 0 Å². The third-order valence-corrected chi connectivity index (χ3v) is 4.79. The molecule has 25 heavy (non-hydrogen) atoms. The van der Waals surface area contributed by atoms with Crippen molar-refractivity contribution in [3.63, 3.8) is 0 Å². The molecule has 1 saturated heterocycles. The highest BCUT2D eigenvalue weighted by Crippen LogP contribution is 2.27. The monoisotopic (exact) mass is 365 g/mol. The van der Waals surface area contributed by atoms with Crippen molar-refractivity contribution in [2.75, 3.05) is 20.2 Å². The highest BCUT2D eigenvalue weighted by molar-refractivity contribution is 6.32. The number of amides is 1. The molecular weight excluding hydrogens is 346 g/mol. The first-order chi connectivity index (χ1) is 12.1. The summed E-state index contributed by atoms with van der Waals surface area (Å²) in [5.41, 5.74) is 1.01. The number of H-pyrrole nitrogens is 1. The molecule has 2 aromatic rings. The maximum Gasteiger partial charge on any atom is 0.434 e. The summed E-state index contributed by atoms with van der Waals surface area (Å²) in [7, 11) is 1.57. The van der Waals surface area contributed by atoms with Crippen molar-refractivity contribution in [1.29, 1.82) is 0 Å². The van der Waals surface area contributed by atoms with Crippen molar-refractivity contribution in [3.05, 3.63) is 45.2 Å². The molecule has 0 saturated carbocycles. The Labute approximate surface area is 149 Å². The van der Waals surface area contributed by atoms with E-state index in [1.54, 1.807) is 7.11 Å². The van der Waals surface area contributed by atoms with Gasteiger partial charge in [-0.3, -0.25) is 4.79 Å². The number of hydrogen-bond donors (Lipinski definition) is 1. The number of halogens is 1. The molecule has 0 bridgehead atoms. The van der Waals surface area contributed by atoms with Gasteiger partial charge in [0.2, 0.25) is 11.8 Å². The second-order valence-electron chi connectivity index (χ2n) is 6.08. The molecular formula is C17H20ClN3O4. The number of nitrogens with one attached hydrogen (secondary N) is 1. The average Bonchev–Trinajstić information content (AvgIpc) is 3.06. The van der Waals surface area contributed by atoms with E-state index < -0.39 is 5.76 Å².